The number of ketones is 1. The van der Waals surface area contributed by atoms with Gasteiger partial charge in [0.15, 0.2) is 5.78 Å². The van der Waals surface area contributed by atoms with Gasteiger partial charge in [-0.3, -0.25) is 9.59 Å². The molecular weight excluding hydrogens is 332 g/mol. The van der Waals surface area contributed by atoms with Crippen molar-refractivity contribution in [2.75, 3.05) is 13.1 Å². The first-order valence-corrected chi connectivity index (χ1v) is 8.71. The molecule has 134 valence electrons. The van der Waals surface area contributed by atoms with Crippen molar-refractivity contribution in [3.63, 3.8) is 0 Å². The van der Waals surface area contributed by atoms with Crippen molar-refractivity contribution in [1.29, 1.82) is 0 Å². The van der Waals surface area contributed by atoms with Crippen LogP contribution in [0.5, 0.6) is 0 Å². The molecule has 3 atom stereocenters. The molecule has 1 unspecified atom stereocenters. The van der Waals surface area contributed by atoms with Crippen LogP contribution in [-0.2, 0) is 0 Å². The Morgan fingerprint density at radius 3 is 2.58 bits per heavy atom. The quantitative estimate of drug-likeness (QED) is 0.557. The molecule has 1 aliphatic carbocycles. The van der Waals surface area contributed by atoms with Crippen LogP contribution in [0.25, 0.3) is 11.1 Å². The fourth-order valence-electron chi connectivity index (χ4n) is 3.72. The lowest BCUT2D eigenvalue weighted by Gasteiger charge is -2.32. The largest absolute Gasteiger partial charge is 0.392 e. The summed E-state index contributed by atoms with van der Waals surface area (Å²) in [6.45, 7) is 0.601. The molecule has 6 nitrogen and oxygen atoms in total. The Morgan fingerprint density at radius 2 is 1.81 bits per heavy atom. The molecule has 2 aliphatic rings. The number of benzene rings is 2. The van der Waals surface area contributed by atoms with Gasteiger partial charge in [0.05, 0.1) is 23.8 Å². The Bertz CT molecular complexity index is 880. The van der Waals surface area contributed by atoms with Crippen LogP contribution >= 0.6 is 0 Å². The average Bonchev–Trinajstić information content (AvgIpc) is 2.94. The van der Waals surface area contributed by atoms with Gasteiger partial charge in [0, 0.05) is 30.6 Å². The molecule has 26 heavy (non-hydrogen) atoms. The fourth-order valence-corrected chi connectivity index (χ4v) is 3.72. The van der Waals surface area contributed by atoms with E-state index < -0.39 is 12.2 Å². The minimum atomic E-state index is -0.730. The van der Waals surface area contributed by atoms with Crippen LogP contribution in [0.1, 0.15) is 32.7 Å². The maximum absolute atomic E-state index is 12.7. The summed E-state index contributed by atoms with van der Waals surface area (Å²) in [5.41, 5.74) is 3.01. The number of hydrogen-bond acceptors (Lipinski definition) is 5. The van der Waals surface area contributed by atoms with Crippen molar-refractivity contribution < 1.29 is 19.8 Å². The van der Waals surface area contributed by atoms with Gasteiger partial charge in [0.1, 0.15) is 0 Å². The van der Waals surface area contributed by atoms with Crippen molar-refractivity contribution in [3.05, 3.63) is 59.2 Å². The predicted octanol–water partition coefficient (Wildman–Crippen LogP) is 0.712. The number of carbonyl (C=O) groups is 2. The zero-order chi connectivity index (χ0) is 18.3. The summed E-state index contributed by atoms with van der Waals surface area (Å²) in [5, 5.41) is 25.4. The molecule has 2 aromatic carbocycles. The topological polar surface area (TPSA) is 98.7 Å². The van der Waals surface area contributed by atoms with Gasteiger partial charge in [-0.15, -0.1) is 0 Å². The maximum atomic E-state index is 12.7. The van der Waals surface area contributed by atoms with Gasteiger partial charge in [-0.1, -0.05) is 36.4 Å². The van der Waals surface area contributed by atoms with Crippen LogP contribution in [0.3, 0.4) is 0 Å². The summed E-state index contributed by atoms with van der Waals surface area (Å²) in [7, 11) is 0. The molecule has 1 saturated heterocycles. The molecule has 1 aliphatic heterocycles. The molecule has 2 aromatic rings. The molecule has 1 heterocycles. The third-order valence-corrected chi connectivity index (χ3v) is 5.07. The molecule has 0 saturated carbocycles. The lowest BCUT2D eigenvalue weighted by atomic mass is 9.98. The van der Waals surface area contributed by atoms with Gasteiger partial charge in [-0.2, -0.15) is 0 Å². The van der Waals surface area contributed by atoms with Crippen molar-refractivity contribution in [2.45, 2.75) is 24.7 Å². The second-order valence-electron chi connectivity index (χ2n) is 6.78. The first-order valence-electron chi connectivity index (χ1n) is 8.71. The van der Waals surface area contributed by atoms with Gasteiger partial charge >= 0.3 is 0 Å². The molecule has 4 N–H and O–H groups in total. The van der Waals surface area contributed by atoms with E-state index >= 15 is 0 Å². The monoisotopic (exact) mass is 352 g/mol. The van der Waals surface area contributed by atoms with Crippen molar-refractivity contribution in [2.24, 2.45) is 0 Å². The highest BCUT2D eigenvalue weighted by Crippen LogP contribution is 2.37. The number of rotatable bonds is 3. The SMILES string of the molecule is O=C(NC[C@H]1NC[C@@H](O)CC1O)c1cccc2c1C(=O)c1ccccc1-2. The number of β-amino-alcohol motifs (C(OH)–C–C–N with tert-alkyl or cyclic N) is 1. The zero-order valence-corrected chi connectivity index (χ0v) is 14.1. The number of fused-ring (bicyclic) bond motifs is 3. The van der Waals surface area contributed by atoms with Crippen LogP contribution in [0.15, 0.2) is 42.5 Å². The van der Waals surface area contributed by atoms with E-state index in [0.717, 1.165) is 11.1 Å². The van der Waals surface area contributed by atoms with E-state index in [4.69, 9.17) is 0 Å². The summed E-state index contributed by atoms with van der Waals surface area (Å²) in [4.78, 5) is 25.4. The normalized spacial score (nSPS) is 24.1. The van der Waals surface area contributed by atoms with Gasteiger partial charge in [0.2, 0.25) is 0 Å². The third-order valence-electron chi connectivity index (χ3n) is 5.07. The Labute approximate surface area is 150 Å². The van der Waals surface area contributed by atoms with E-state index in [0.29, 0.717) is 23.2 Å². The molecule has 1 amide bonds. The number of nitrogens with one attached hydrogen (secondary N) is 2. The molecule has 0 spiro atoms. The Balaban J connectivity index is 1.55. The highest BCUT2D eigenvalue weighted by molar-refractivity contribution is 6.25. The fraction of sp³-hybridized carbons (Fsp3) is 0.300. The molecule has 0 aromatic heterocycles. The summed E-state index contributed by atoms with van der Waals surface area (Å²) in [6, 6.07) is 12.3. The van der Waals surface area contributed by atoms with Gasteiger partial charge in [-0.05, 0) is 17.2 Å². The van der Waals surface area contributed by atoms with Gasteiger partial charge < -0.3 is 20.8 Å². The van der Waals surface area contributed by atoms with E-state index in [2.05, 4.69) is 10.6 Å². The molecular formula is C20H20N2O4. The summed E-state index contributed by atoms with van der Waals surface area (Å²) >= 11 is 0. The summed E-state index contributed by atoms with van der Waals surface area (Å²) in [5.74, 6) is -0.483. The Kier molecular flexibility index (Phi) is 4.32. The second-order valence-corrected chi connectivity index (χ2v) is 6.78. The maximum Gasteiger partial charge on any atom is 0.252 e. The number of amides is 1. The van der Waals surface area contributed by atoms with Crippen molar-refractivity contribution in [1.82, 2.24) is 10.6 Å². The summed E-state index contributed by atoms with van der Waals surface area (Å²) < 4.78 is 0. The smallest absolute Gasteiger partial charge is 0.252 e. The molecule has 0 radical (unpaired) electrons. The Morgan fingerprint density at radius 1 is 1.08 bits per heavy atom. The van der Waals surface area contributed by atoms with Crippen molar-refractivity contribution in [3.8, 4) is 11.1 Å². The highest BCUT2D eigenvalue weighted by atomic mass is 16.3. The highest BCUT2D eigenvalue weighted by Gasteiger charge is 2.32. The standard InChI is InChI=1S/C20H20N2O4/c23-11-8-17(24)16(21-9-11)10-22-20(26)15-7-3-6-13-12-4-1-2-5-14(12)19(25)18(13)15/h1-7,11,16-17,21,23-24H,8-10H2,(H,22,26)/t11-,16+,17?/m0/s1. The molecule has 0 bridgehead atoms. The first kappa shape index (κ1) is 16.9. The van der Waals surface area contributed by atoms with Crippen LogP contribution in [0, 0.1) is 0 Å². The number of carbonyl (C=O) groups excluding carboxylic acids is 2. The van der Waals surface area contributed by atoms with E-state index in [1.807, 2.05) is 24.3 Å². The minimum Gasteiger partial charge on any atom is -0.392 e. The minimum absolute atomic E-state index is 0.139. The number of hydrogen-bond donors (Lipinski definition) is 4. The average molecular weight is 352 g/mol. The zero-order valence-electron chi connectivity index (χ0n) is 14.1. The van der Waals surface area contributed by atoms with Gasteiger partial charge in [0.25, 0.3) is 5.91 Å². The van der Waals surface area contributed by atoms with E-state index in [1.54, 1.807) is 18.2 Å². The van der Waals surface area contributed by atoms with Crippen LogP contribution in [0.2, 0.25) is 0 Å². The number of aliphatic hydroxyl groups is 2. The predicted molar refractivity (Wildman–Crippen MR) is 96.1 cm³/mol. The lowest BCUT2D eigenvalue weighted by Crippen LogP contribution is -2.55. The van der Waals surface area contributed by atoms with Crippen LogP contribution in [0.4, 0.5) is 0 Å². The Hall–Kier alpha value is -2.54. The van der Waals surface area contributed by atoms with E-state index in [-0.39, 0.29) is 30.7 Å². The molecule has 1 fully saturated rings. The molecule has 4 rings (SSSR count). The number of aliphatic hydroxyl groups excluding tert-OH is 2. The van der Waals surface area contributed by atoms with Crippen LogP contribution < -0.4 is 10.6 Å². The second kappa shape index (κ2) is 6.64. The lowest BCUT2D eigenvalue weighted by molar-refractivity contribution is 0.0232. The van der Waals surface area contributed by atoms with Crippen molar-refractivity contribution >= 4 is 11.7 Å². The number of piperidine rings is 1. The van der Waals surface area contributed by atoms with Crippen LogP contribution in [-0.4, -0.2) is 53.2 Å². The molecule has 6 heteroatoms. The van der Waals surface area contributed by atoms with E-state index in [9.17, 15) is 19.8 Å². The van der Waals surface area contributed by atoms with E-state index in [1.165, 1.54) is 0 Å². The first-order chi connectivity index (χ1) is 12.6. The van der Waals surface area contributed by atoms with Gasteiger partial charge in [-0.25, -0.2) is 0 Å². The summed E-state index contributed by atoms with van der Waals surface area (Å²) in [6.07, 6.45) is -1.03. The third kappa shape index (κ3) is 2.82.